The molecule has 3 heteroatoms. The Labute approximate surface area is 58.9 Å². The molecule has 0 fully saturated rings. The van der Waals surface area contributed by atoms with Gasteiger partial charge in [-0.1, -0.05) is 13.5 Å². The van der Waals surface area contributed by atoms with E-state index in [4.69, 9.17) is 0 Å². The molecular formula is C7H8O3. The third-order valence-corrected chi connectivity index (χ3v) is 1.12. The van der Waals surface area contributed by atoms with E-state index in [0.29, 0.717) is 12.0 Å². The monoisotopic (exact) mass is 140 g/mol. The molecule has 0 aromatic rings. The van der Waals surface area contributed by atoms with Gasteiger partial charge in [0, 0.05) is 5.57 Å². The number of hydrogen-bond donors (Lipinski definition) is 0. The zero-order valence-corrected chi connectivity index (χ0v) is 5.72. The Bertz CT molecular complexity index is 203. The van der Waals surface area contributed by atoms with Crippen LogP contribution in [0.15, 0.2) is 24.4 Å². The average molecular weight is 140 g/mol. The van der Waals surface area contributed by atoms with Crippen molar-refractivity contribution in [3.8, 4) is 0 Å². The highest BCUT2D eigenvalue weighted by Gasteiger charge is 2.17. The minimum absolute atomic E-state index is 0.277. The quantitative estimate of drug-likeness (QED) is 0.438. The van der Waals surface area contributed by atoms with Crippen LogP contribution in [0.5, 0.6) is 0 Å². The first-order chi connectivity index (χ1) is 4.74. The van der Waals surface area contributed by atoms with Crippen molar-refractivity contribution in [3.05, 3.63) is 24.4 Å². The molecule has 0 bridgehead atoms. The summed E-state index contributed by atoms with van der Waals surface area (Å²) in [5.41, 5.74) is 0.455. The maximum Gasteiger partial charge on any atom is 0.341 e. The molecule has 0 radical (unpaired) electrons. The largest absolute Gasteiger partial charge is 0.424 e. The summed E-state index contributed by atoms with van der Waals surface area (Å²) in [6.45, 7) is 5.34. The second kappa shape index (κ2) is 2.56. The van der Waals surface area contributed by atoms with Gasteiger partial charge in [-0.15, -0.1) is 0 Å². The Morgan fingerprint density at radius 1 is 1.90 bits per heavy atom. The molecule has 0 aromatic carbocycles. The van der Waals surface area contributed by atoms with Gasteiger partial charge < -0.3 is 9.47 Å². The van der Waals surface area contributed by atoms with Crippen LogP contribution in [0.3, 0.4) is 0 Å². The molecule has 0 saturated heterocycles. The lowest BCUT2D eigenvalue weighted by molar-refractivity contribution is -0.136. The van der Waals surface area contributed by atoms with Crippen molar-refractivity contribution in [2.24, 2.45) is 0 Å². The predicted molar refractivity (Wildman–Crippen MR) is 34.7 cm³/mol. The van der Waals surface area contributed by atoms with E-state index in [1.165, 1.54) is 6.26 Å². The second-order valence-corrected chi connectivity index (χ2v) is 1.90. The third-order valence-electron chi connectivity index (χ3n) is 1.12. The van der Waals surface area contributed by atoms with Gasteiger partial charge in [0.2, 0.25) is 0 Å². The summed E-state index contributed by atoms with van der Waals surface area (Å²) in [5, 5.41) is 0. The molecule has 0 N–H and O–H groups in total. The number of carbonyl (C=O) groups excluding carboxylic acids is 1. The Morgan fingerprint density at radius 2 is 2.50 bits per heavy atom. The zero-order valence-electron chi connectivity index (χ0n) is 5.72. The number of esters is 1. The molecule has 0 aliphatic carbocycles. The standard InChI is InChI=1S/C7H8O3/c1-3-5(2)7(8)10-6-4-9-6/h4H,2-3H2,1H3. The van der Waals surface area contributed by atoms with E-state index in [-0.39, 0.29) is 5.95 Å². The highest BCUT2D eigenvalue weighted by Crippen LogP contribution is 2.16. The summed E-state index contributed by atoms with van der Waals surface area (Å²) in [4.78, 5) is 10.8. The van der Waals surface area contributed by atoms with E-state index in [0.717, 1.165) is 0 Å². The maximum absolute atomic E-state index is 10.8. The first-order valence-corrected chi connectivity index (χ1v) is 3.01. The molecule has 1 heterocycles. The van der Waals surface area contributed by atoms with Gasteiger partial charge in [-0.3, -0.25) is 0 Å². The first kappa shape index (κ1) is 6.86. The molecule has 0 unspecified atom stereocenters. The number of hydrogen-bond acceptors (Lipinski definition) is 3. The van der Waals surface area contributed by atoms with Crippen molar-refractivity contribution in [1.82, 2.24) is 0 Å². The van der Waals surface area contributed by atoms with Crippen molar-refractivity contribution < 1.29 is 14.3 Å². The Morgan fingerprint density at radius 3 is 2.90 bits per heavy atom. The summed E-state index contributed by atoms with van der Waals surface area (Å²) in [6, 6.07) is 0. The molecular weight excluding hydrogens is 132 g/mol. The Kier molecular flexibility index (Phi) is 1.76. The van der Waals surface area contributed by atoms with E-state index in [1.807, 2.05) is 6.92 Å². The lowest BCUT2D eigenvalue weighted by atomic mass is 10.2. The molecule has 0 saturated carbocycles. The fourth-order valence-corrected chi connectivity index (χ4v) is 0.380. The smallest absolute Gasteiger partial charge is 0.341 e. The lowest BCUT2D eigenvalue weighted by Crippen LogP contribution is -2.02. The molecule has 10 heavy (non-hydrogen) atoms. The van der Waals surface area contributed by atoms with Crippen LogP contribution < -0.4 is 0 Å². The summed E-state index contributed by atoms with van der Waals surface area (Å²) >= 11 is 0. The van der Waals surface area contributed by atoms with Crippen molar-refractivity contribution in [3.63, 3.8) is 0 Å². The van der Waals surface area contributed by atoms with Crippen LogP contribution in [-0.4, -0.2) is 5.97 Å². The molecule has 1 aliphatic heterocycles. The second-order valence-electron chi connectivity index (χ2n) is 1.90. The topological polar surface area (TPSA) is 38.8 Å². The van der Waals surface area contributed by atoms with E-state index < -0.39 is 5.97 Å². The first-order valence-electron chi connectivity index (χ1n) is 3.01. The number of rotatable bonds is 3. The molecule has 1 aliphatic rings. The van der Waals surface area contributed by atoms with Crippen LogP contribution in [0, 0.1) is 0 Å². The normalized spacial score (nSPS) is 13.1. The van der Waals surface area contributed by atoms with Gasteiger partial charge in [-0.25, -0.2) is 4.79 Å². The lowest BCUT2D eigenvalue weighted by Gasteiger charge is -1.96. The van der Waals surface area contributed by atoms with Crippen molar-refractivity contribution in [1.29, 1.82) is 0 Å². The predicted octanol–water partition coefficient (Wildman–Crippen LogP) is 1.32. The van der Waals surface area contributed by atoms with E-state index in [2.05, 4.69) is 16.1 Å². The van der Waals surface area contributed by atoms with Gasteiger partial charge in [0.05, 0.1) is 0 Å². The summed E-state index contributed by atoms with van der Waals surface area (Å²) in [5.74, 6) is -0.133. The number of carbonyl (C=O) groups is 1. The van der Waals surface area contributed by atoms with Gasteiger partial charge in [-0.2, -0.15) is 0 Å². The Hall–Kier alpha value is -1.25. The SMILES string of the molecule is C=C(CC)C(=O)OC1=CO1. The minimum Gasteiger partial charge on any atom is -0.424 e. The Balaban J connectivity index is 2.32. The molecule has 0 amide bonds. The van der Waals surface area contributed by atoms with Crippen LogP contribution in [0.1, 0.15) is 13.3 Å². The van der Waals surface area contributed by atoms with Gasteiger partial charge >= 0.3 is 11.9 Å². The van der Waals surface area contributed by atoms with E-state index in [9.17, 15) is 4.79 Å². The van der Waals surface area contributed by atoms with Crippen molar-refractivity contribution in [2.45, 2.75) is 13.3 Å². The average Bonchev–Trinajstić information content (AvgIpc) is 2.70. The minimum atomic E-state index is -0.411. The van der Waals surface area contributed by atoms with Crippen LogP contribution in [0.2, 0.25) is 0 Å². The van der Waals surface area contributed by atoms with Crippen LogP contribution in [0.4, 0.5) is 0 Å². The molecule has 0 atom stereocenters. The van der Waals surface area contributed by atoms with Crippen LogP contribution >= 0.6 is 0 Å². The fourth-order valence-electron chi connectivity index (χ4n) is 0.380. The van der Waals surface area contributed by atoms with Gasteiger partial charge in [-0.05, 0) is 6.42 Å². The molecule has 54 valence electrons. The van der Waals surface area contributed by atoms with Gasteiger partial charge in [0.15, 0.2) is 6.26 Å². The third kappa shape index (κ3) is 1.62. The molecule has 3 nitrogen and oxygen atoms in total. The van der Waals surface area contributed by atoms with Crippen LogP contribution in [0.25, 0.3) is 0 Å². The summed E-state index contributed by atoms with van der Waals surface area (Å²) < 4.78 is 9.10. The van der Waals surface area contributed by atoms with Crippen LogP contribution in [-0.2, 0) is 14.3 Å². The highest BCUT2D eigenvalue weighted by molar-refractivity contribution is 5.88. The molecule has 0 spiro atoms. The van der Waals surface area contributed by atoms with Crippen molar-refractivity contribution >= 4 is 5.97 Å². The highest BCUT2D eigenvalue weighted by atomic mass is 16.7. The van der Waals surface area contributed by atoms with Crippen molar-refractivity contribution in [2.75, 3.05) is 0 Å². The van der Waals surface area contributed by atoms with E-state index in [1.54, 1.807) is 0 Å². The van der Waals surface area contributed by atoms with Gasteiger partial charge in [0.1, 0.15) is 0 Å². The molecule has 0 aromatic heterocycles. The van der Waals surface area contributed by atoms with E-state index >= 15 is 0 Å². The number of ether oxygens (including phenoxy) is 2. The summed E-state index contributed by atoms with van der Waals surface area (Å²) in [6.07, 6.45) is 1.97. The fraction of sp³-hybridized carbons (Fsp3) is 0.286. The maximum atomic E-state index is 10.8. The summed E-state index contributed by atoms with van der Waals surface area (Å²) in [7, 11) is 0. The molecule has 1 rings (SSSR count). The van der Waals surface area contributed by atoms with Gasteiger partial charge in [0.25, 0.3) is 0 Å². The zero-order chi connectivity index (χ0) is 7.56.